The molecule has 1 amide bonds. The van der Waals surface area contributed by atoms with E-state index in [2.05, 4.69) is 5.32 Å². The van der Waals surface area contributed by atoms with Crippen LogP contribution >= 0.6 is 0 Å². The van der Waals surface area contributed by atoms with Crippen LogP contribution in [0.4, 0.5) is 11.4 Å². The molecule has 0 aliphatic heterocycles. The molecule has 2 aromatic carbocycles. The first-order valence-corrected chi connectivity index (χ1v) is 11.3. The molecule has 9 nitrogen and oxygen atoms in total. The first-order valence-electron chi connectivity index (χ1n) is 9.84. The molecular formula is C21H27N3O6S. The van der Waals surface area contributed by atoms with Crippen molar-refractivity contribution >= 4 is 27.3 Å². The standard InChI is InChI=1S/C21H27N3O6S/c1-6-23(7-2)31(28,29)17-10-11-20(19(13-17)24(26)27)30-16(5)21(25)22-18-12-14(3)8-9-15(18)4/h8-13,16H,6-7H2,1-5H3,(H,22,25). The summed E-state index contributed by atoms with van der Waals surface area (Å²) in [7, 11) is -3.87. The van der Waals surface area contributed by atoms with Crippen molar-refractivity contribution in [2.75, 3.05) is 18.4 Å². The molecule has 0 heterocycles. The monoisotopic (exact) mass is 449 g/mol. The molecule has 1 N–H and O–H groups in total. The van der Waals surface area contributed by atoms with Crippen molar-refractivity contribution in [3.63, 3.8) is 0 Å². The van der Waals surface area contributed by atoms with E-state index in [1.807, 2.05) is 32.0 Å². The highest BCUT2D eigenvalue weighted by atomic mass is 32.2. The minimum Gasteiger partial charge on any atom is -0.474 e. The number of nitrogens with zero attached hydrogens (tertiary/aromatic N) is 2. The Balaban J connectivity index is 2.29. The fraction of sp³-hybridized carbons (Fsp3) is 0.381. The number of nitrogens with one attached hydrogen (secondary N) is 1. The normalized spacial score (nSPS) is 12.5. The molecule has 2 rings (SSSR count). The SMILES string of the molecule is CCN(CC)S(=O)(=O)c1ccc(OC(C)C(=O)Nc2cc(C)ccc2C)c([N+](=O)[O-])c1. The maximum atomic E-state index is 12.7. The summed E-state index contributed by atoms with van der Waals surface area (Å²) >= 11 is 0. The van der Waals surface area contributed by atoms with Crippen LogP contribution < -0.4 is 10.1 Å². The van der Waals surface area contributed by atoms with Gasteiger partial charge in [-0.1, -0.05) is 26.0 Å². The highest BCUT2D eigenvalue weighted by Gasteiger charge is 2.28. The number of ether oxygens (including phenoxy) is 1. The van der Waals surface area contributed by atoms with Crippen LogP contribution in [0.15, 0.2) is 41.3 Å². The van der Waals surface area contributed by atoms with Crippen LogP contribution in [0.5, 0.6) is 5.75 Å². The van der Waals surface area contributed by atoms with Crippen molar-refractivity contribution in [1.82, 2.24) is 4.31 Å². The van der Waals surface area contributed by atoms with Crippen LogP contribution in [0.25, 0.3) is 0 Å². The van der Waals surface area contributed by atoms with E-state index in [4.69, 9.17) is 4.74 Å². The van der Waals surface area contributed by atoms with Crippen molar-refractivity contribution in [2.24, 2.45) is 0 Å². The molecule has 0 saturated carbocycles. The van der Waals surface area contributed by atoms with Gasteiger partial charge in [0.2, 0.25) is 10.0 Å². The van der Waals surface area contributed by atoms with Crippen molar-refractivity contribution in [1.29, 1.82) is 0 Å². The first-order chi connectivity index (χ1) is 14.5. The Labute approximate surface area is 182 Å². The Hall–Kier alpha value is -2.98. The van der Waals surface area contributed by atoms with Crippen LogP contribution in [0, 0.1) is 24.0 Å². The van der Waals surface area contributed by atoms with E-state index >= 15 is 0 Å². The van der Waals surface area contributed by atoms with E-state index in [0.29, 0.717) is 5.69 Å². The predicted octanol–water partition coefficient (Wildman–Crippen LogP) is 3.65. The van der Waals surface area contributed by atoms with Crippen LogP contribution in [0.3, 0.4) is 0 Å². The number of carbonyl (C=O) groups excluding carboxylic acids is 1. The molecule has 0 bridgehead atoms. The van der Waals surface area contributed by atoms with Gasteiger partial charge in [-0.25, -0.2) is 8.42 Å². The summed E-state index contributed by atoms with van der Waals surface area (Å²) in [6, 6.07) is 9.01. The average molecular weight is 450 g/mol. The fourth-order valence-corrected chi connectivity index (χ4v) is 4.44. The molecule has 0 saturated heterocycles. The zero-order valence-corrected chi connectivity index (χ0v) is 19.0. The average Bonchev–Trinajstić information content (AvgIpc) is 2.71. The predicted molar refractivity (Wildman–Crippen MR) is 118 cm³/mol. The minimum absolute atomic E-state index is 0.188. The van der Waals surface area contributed by atoms with Crippen LogP contribution in [-0.2, 0) is 14.8 Å². The smallest absolute Gasteiger partial charge is 0.312 e. The molecule has 0 fully saturated rings. The Morgan fingerprint density at radius 3 is 2.39 bits per heavy atom. The van der Waals surface area contributed by atoms with Gasteiger partial charge in [0, 0.05) is 24.8 Å². The Bertz CT molecular complexity index is 1080. The third-order valence-electron chi connectivity index (χ3n) is 4.79. The number of nitro benzene ring substituents is 1. The number of nitro groups is 1. The van der Waals surface area contributed by atoms with Gasteiger partial charge in [-0.3, -0.25) is 14.9 Å². The summed E-state index contributed by atoms with van der Waals surface area (Å²) in [5.41, 5.74) is 1.92. The van der Waals surface area contributed by atoms with Gasteiger partial charge in [-0.2, -0.15) is 4.31 Å². The third kappa shape index (κ3) is 5.59. The Morgan fingerprint density at radius 1 is 1.16 bits per heavy atom. The number of benzene rings is 2. The van der Waals surface area contributed by atoms with E-state index < -0.39 is 32.6 Å². The lowest BCUT2D eigenvalue weighted by molar-refractivity contribution is -0.386. The Kier molecular flexibility index (Phi) is 7.75. The van der Waals surface area contributed by atoms with Gasteiger partial charge >= 0.3 is 5.69 Å². The minimum atomic E-state index is -3.87. The fourth-order valence-electron chi connectivity index (χ4n) is 2.96. The molecule has 168 valence electrons. The second kappa shape index (κ2) is 9.88. The third-order valence-corrected chi connectivity index (χ3v) is 6.84. The molecule has 1 atom stereocenters. The summed E-state index contributed by atoms with van der Waals surface area (Å²) in [6.45, 7) is 9.05. The van der Waals surface area contributed by atoms with Crippen molar-refractivity contribution in [2.45, 2.75) is 45.6 Å². The number of hydrogen-bond acceptors (Lipinski definition) is 6. The van der Waals surface area contributed by atoms with E-state index in [0.717, 1.165) is 17.2 Å². The van der Waals surface area contributed by atoms with Gasteiger partial charge in [0.05, 0.1) is 9.82 Å². The number of carbonyl (C=O) groups is 1. The van der Waals surface area contributed by atoms with Gasteiger partial charge < -0.3 is 10.1 Å². The largest absolute Gasteiger partial charge is 0.474 e. The van der Waals surface area contributed by atoms with Crippen LogP contribution in [-0.4, -0.2) is 42.7 Å². The van der Waals surface area contributed by atoms with E-state index in [1.165, 1.54) is 23.4 Å². The quantitative estimate of drug-likeness (QED) is 0.461. The summed E-state index contributed by atoms with van der Waals surface area (Å²) in [5.74, 6) is -0.671. The van der Waals surface area contributed by atoms with E-state index in [9.17, 15) is 23.3 Å². The van der Waals surface area contributed by atoms with E-state index in [-0.39, 0.29) is 23.7 Å². The van der Waals surface area contributed by atoms with Gasteiger partial charge in [-0.05, 0) is 50.1 Å². The molecule has 31 heavy (non-hydrogen) atoms. The molecule has 0 radical (unpaired) electrons. The summed E-state index contributed by atoms with van der Waals surface area (Å²) < 4.78 is 32.1. The Morgan fingerprint density at radius 2 is 1.81 bits per heavy atom. The van der Waals surface area contributed by atoms with Gasteiger partial charge in [0.1, 0.15) is 0 Å². The van der Waals surface area contributed by atoms with Crippen molar-refractivity contribution in [3.05, 3.63) is 57.6 Å². The lowest BCUT2D eigenvalue weighted by Gasteiger charge is -2.19. The van der Waals surface area contributed by atoms with E-state index in [1.54, 1.807) is 13.8 Å². The second-order valence-electron chi connectivity index (χ2n) is 7.04. The highest BCUT2D eigenvalue weighted by molar-refractivity contribution is 7.89. The molecular weight excluding hydrogens is 422 g/mol. The number of sulfonamides is 1. The number of amides is 1. The molecule has 10 heteroatoms. The topological polar surface area (TPSA) is 119 Å². The maximum Gasteiger partial charge on any atom is 0.312 e. The molecule has 0 aliphatic carbocycles. The summed E-state index contributed by atoms with van der Waals surface area (Å²) in [6.07, 6.45) is -1.05. The summed E-state index contributed by atoms with van der Waals surface area (Å²) in [4.78, 5) is 23.2. The molecule has 0 aromatic heterocycles. The molecule has 2 aromatic rings. The van der Waals surface area contributed by atoms with Crippen molar-refractivity contribution < 1.29 is 22.9 Å². The molecule has 0 aliphatic rings. The number of hydrogen-bond donors (Lipinski definition) is 1. The maximum absolute atomic E-state index is 12.7. The first kappa shape index (κ1) is 24.3. The van der Waals surface area contributed by atoms with Crippen molar-refractivity contribution in [3.8, 4) is 5.75 Å². The zero-order valence-electron chi connectivity index (χ0n) is 18.2. The lowest BCUT2D eigenvalue weighted by atomic mass is 10.1. The lowest BCUT2D eigenvalue weighted by Crippen LogP contribution is -2.31. The molecule has 0 spiro atoms. The zero-order chi connectivity index (χ0) is 23.3. The highest BCUT2D eigenvalue weighted by Crippen LogP contribution is 2.32. The molecule has 1 unspecified atom stereocenters. The number of rotatable bonds is 9. The summed E-state index contributed by atoms with van der Waals surface area (Å²) in [5, 5.41) is 14.3. The second-order valence-corrected chi connectivity index (χ2v) is 8.98. The van der Waals surface area contributed by atoms with Crippen LogP contribution in [0.2, 0.25) is 0 Å². The number of anilines is 1. The van der Waals surface area contributed by atoms with Gasteiger partial charge in [0.25, 0.3) is 5.91 Å². The van der Waals surface area contributed by atoms with Crippen LogP contribution in [0.1, 0.15) is 31.9 Å². The number of aryl methyl sites for hydroxylation is 2. The van der Waals surface area contributed by atoms with Gasteiger partial charge in [0.15, 0.2) is 11.9 Å². The van der Waals surface area contributed by atoms with Gasteiger partial charge in [-0.15, -0.1) is 0 Å².